The molecule has 1 amide bonds. The monoisotopic (exact) mass is 363 g/mol. The van der Waals surface area contributed by atoms with Crippen LogP contribution in [0.5, 0.6) is 0 Å². The first-order valence-electron chi connectivity index (χ1n) is 7.94. The molecule has 1 aromatic carbocycles. The van der Waals surface area contributed by atoms with Crippen molar-refractivity contribution < 1.29 is 22.4 Å². The Bertz CT molecular complexity index is 988. The van der Waals surface area contributed by atoms with Crippen LogP contribution in [0.15, 0.2) is 36.7 Å². The second-order valence-corrected chi connectivity index (χ2v) is 6.22. The molecular weight excluding hydrogens is 350 g/mol. The standard InChI is InChI=1S/C18H13F4N3O/c19-12-7-25(8-12)17(26)9-24-2-1-15-16(24)5-11(6-23-15)10-3-13(20)18(22)14(21)4-10/h1-6,12H,7-9H2. The highest BCUT2D eigenvalue weighted by atomic mass is 19.2. The average molecular weight is 363 g/mol. The molecule has 1 fully saturated rings. The van der Waals surface area contributed by atoms with Gasteiger partial charge in [-0.3, -0.25) is 9.78 Å². The van der Waals surface area contributed by atoms with Gasteiger partial charge in [-0.05, 0) is 29.8 Å². The van der Waals surface area contributed by atoms with E-state index in [4.69, 9.17) is 0 Å². The number of aromatic nitrogens is 2. The van der Waals surface area contributed by atoms with Crippen LogP contribution < -0.4 is 0 Å². The van der Waals surface area contributed by atoms with Crippen LogP contribution in [0.2, 0.25) is 0 Å². The summed E-state index contributed by atoms with van der Waals surface area (Å²) in [5, 5.41) is 0. The first-order valence-corrected chi connectivity index (χ1v) is 7.94. The number of hydrogen-bond donors (Lipinski definition) is 0. The van der Waals surface area contributed by atoms with E-state index in [0.717, 1.165) is 12.1 Å². The lowest BCUT2D eigenvalue weighted by atomic mass is 10.1. The lowest BCUT2D eigenvalue weighted by molar-refractivity contribution is -0.138. The molecule has 2 aromatic heterocycles. The normalized spacial score (nSPS) is 14.7. The van der Waals surface area contributed by atoms with Gasteiger partial charge in [0.2, 0.25) is 5.91 Å². The van der Waals surface area contributed by atoms with Crippen molar-refractivity contribution in [3.63, 3.8) is 0 Å². The molecule has 4 nitrogen and oxygen atoms in total. The van der Waals surface area contributed by atoms with Crippen molar-refractivity contribution >= 4 is 16.9 Å². The largest absolute Gasteiger partial charge is 0.337 e. The first-order chi connectivity index (χ1) is 12.4. The van der Waals surface area contributed by atoms with Crippen molar-refractivity contribution in [1.82, 2.24) is 14.5 Å². The van der Waals surface area contributed by atoms with Crippen LogP contribution in [-0.4, -0.2) is 39.6 Å². The lowest BCUT2D eigenvalue weighted by Crippen LogP contribution is -2.52. The average Bonchev–Trinajstić information content (AvgIpc) is 2.98. The van der Waals surface area contributed by atoms with Gasteiger partial charge < -0.3 is 9.47 Å². The van der Waals surface area contributed by atoms with E-state index in [9.17, 15) is 22.4 Å². The molecule has 0 saturated carbocycles. The SMILES string of the molecule is O=C(Cn1ccc2ncc(-c3cc(F)c(F)c(F)c3)cc21)N1CC(F)C1. The van der Waals surface area contributed by atoms with Crippen LogP contribution in [-0.2, 0) is 11.3 Å². The van der Waals surface area contributed by atoms with E-state index in [1.165, 1.54) is 11.1 Å². The molecule has 0 aliphatic carbocycles. The first kappa shape index (κ1) is 16.6. The van der Waals surface area contributed by atoms with Crippen LogP contribution >= 0.6 is 0 Å². The van der Waals surface area contributed by atoms with Gasteiger partial charge >= 0.3 is 0 Å². The third kappa shape index (κ3) is 2.81. The van der Waals surface area contributed by atoms with Crippen LogP contribution in [0.4, 0.5) is 17.6 Å². The smallest absolute Gasteiger partial charge is 0.242 e. The van der Waals surface area contributed by atoms with E-state index in [-0.39, 0.29) is 31.1 Å². The number of likely N-dealkylation sites (tertiary alicyclic amines) is 1. The molecule has 0 radical (unpaired) electrons. The summed E-state index contributed by atoms with van der Waals surface area (Å²) in [5.74, 6) is -4.33. The molecule has 1 saturated heterocycles. The minimum Gasteiger partial charge on any atom is -0.337 e. The Morgan fingerprint density at radius 2 is 1.81 bits per heavy atom. The molecule has 4 rings (SSSR count). The van der Waals surface area contributed by atoms with Crippen molar-refractivity contribution in [2.24, 2.45) is 0 Å². The predicted molar refractivity (Wildman–Crippen MR) is 86.5 cm³/mol. The van der Waals surface area contributed by atoms with Crippen molar-refractivity contribution in [2.45, 2.75) is 12.7 Å². The predicted octanol–water partition coefficient (Wildman–Crippen LogP) is 3.30. The summed E-state index contributed by atoms with van der Waals surface area (Å²) in [6, 6.07) is 5.10. The molecule has 1 aliphatic rings. The third-order valence-corrected chi connectivity index (χ3v) is 4.43. The Hall–Kier alpha value is -2.90. The fourth-order valence-electron chi connectivity index (χ4n) is 2.96. The molecule has 26 heavy (non-hydrogen) atoms. The highest BCUT2D eigenvalue weighted by molar-refractivity contribution is 5.84. The summed E-state index contributed by atoms with van der Waals surface area (Å²) in [4.78, 5) is 17.8. The number of nitrogens with zero attached hydrogens (tertiary/aromatic N) is 3. The number of carbonyl (C=O) groups excluding carboxylic acids is 1. The summed E-state index contributed by atoms with van der Waals surface area (Å²) in [6.45, 7) is 0.193. The van der Waals surface area contributed by atoms with Crippen molar-refractivity contribution in [3.8, 4) is 11.1 Å². The van der Waals surface area contributed by atoms with E-state index in [1.807, 2.05) is 0 Å². The number of hydrogen-bond acceptors (Lipinski definition) is 2. The molecule has 134 valence electrons. The van der Waals surface area contributed by atoms with Gasteiger partial charge in [0.05, 0.1) is 24.1 Å². The maximum absolute atomic E-state index is 13.5. The topological polar surface area (TPSA) is 38.1 Å². The number of pyridine rings is 1. The summed E-state index contributed by atoms with van der Waals surface area (Å²) in [7, 11) is 0. The molecule has 0 N–H and O–H groups in total. The van der Waals surface area contributed by atoms with Crippen LogP contribution in [0.25, 0.3) is 22.2 Å². The van der Waals surface area contributed by atoms with Gasteiger partial charge in [-0.25, -0.2) is 17.6 Å². The molecule has 0 spiro atoms. The fourth-order valence-corrected chi connectivity index (χ4v) is 2.96. The molecular formula is C18H13F4N3O. The van der Waals surface area contributed by atoms with Crippen molar-refractivity contribution in [3.05, 3.63) is 54.1 Å². The molecule has 3 heterocycles. The second kappa shape index (κ2) is 6.12. The molecule has 0 bridgehead atoms. The van der Waals surface area contributed by atoms with Gasteiger partial charge in [0.15, 0.2) is 17.5 Å². The van der Waals surface area contributed by atoms with Gasteiger partial charge in [-0.2, -0.15) is 0 Å². The Morgan fingerprint density at radius 1 is 1.12 bits per heavy atom. The summed E-state index contributed by atoms with van der Waals surface area (Å²) in [6.07, 6.45) is 2.11. The molecule has 0 atom stereocenters. The Balaban J connectivity index is 1.67. The second-order valence-electron chi connectivity index (χ2n) is 6.22. The van der Waals surface area contributed by atoms with Crippen LogP contribution in [0.1, 0.15) is 0 Å². The number of alkyl halides is 1. The van der Waals surface area contributed by atoms with E-state index < -0.39 is 23.6 Å². The maximum atomic E-state index is 13.5. The van der Waals surface area contributed by atoms with Gasteiger partial charge in [0.25, 0.3) is 0 Å². The van der Waals surface area contributed by atoms with Crippen molar-refractivity contribution in [1.29, 1.82) is 0 Å². The maximum Gasteiger partial charge on any atom is 0.242 e. The minimum atomic E-state index is -1.53. The fraction of sp³-hybridized carbons (Fsp3) is 0.222. The Kier molecular flexibility index (Phi) is 3.90. The van der Waals surface area contributed by atoms with Crippen LogP contribution in [0, 0.1) is 17.5 Å². The third-order valence-electron chi connectivity index (χ3n) is 4.43. The molecule has 8 heteroatoms. The van der Waals surface area contributed by atoms with Crippen molar-refractivity contribution in [2.75, 3.05) is 13.1 Å². The number of amides is 1. The van der Waals surface area contributed by atoms with Crippen LogP contribution in [0.3, 0.4) is 0 Å². The highest BCUT2D eigenvalue weighted by Gasteiger charge is 2.30. The van der Waals surface area contributed by atoms with Gasteiger partial charge in [0.1, 0.15) is 12.7 Å². The van der Waals surface area contributed by atoms with E-state index >= 15 is 0 Å². The quantitative estimate of drug-likeness (QED) is 0.529. The van der Waals surface area contributed by atoms with Gasteiger partial charge in [-0.1, -0.05) is 0 Å². The number of halogens is 4. The minimum absolute atomic E-state index is 0.00743. The highest BCUT2D eigenvalue weighted by Crippen LogP contribution is 2.26. The Labute approximate surface area is 145 Å². The molecule has 0 unspecified atom stereocenters. The molecule has 3 aromatic rings. The summed E-state index contributed by atoms with van der Waals surface area (Å²) >= 11 is 0. The zero-order valence-corrected chi connectivity index (χ0v) is 13.4. The van der Waals surface area contributed by atoms with Gasteiger partial charge in [-0.15, -0.1) is 0 Å². The number of carbonyl (C=O) groups is 1. The summed E-state index contributed by atoms with van der Waals surface area (Å²) < 4.78 is 54.6. The number of fused-ring (bicyclic) bond motifs is 1. The zero-order chi connectivity index (χ0) is 18.4. The van der Waals surface area contributed by atoms with E-state index in [0.29, 0.717) is 16.6 Å². The number of benzene rings is 1. The zero-order valence-electron chi connectivity index (χ0n) is 13.4. The van der Waals surface area contributed by atoms with E-state index in [1.54, 1.807) is 22.9 Å². The summed E-state index contributed by atoms with van der Waals surface area (Å²) in [5.41, 5.74) is 1.70. The van der Waals surface area contributed by atoms with E-state index in [2.05, 4.69) is 4.98 Å². The Morgan fingerprint density at radius 3 is 2.46 bits per heavy atom. The number of rotatable bonds is 3. The molecule has 1 aliphatic heterocycles. The van der Waals surface area contributed by atoms with Gasteiger partial charge in [0, 0.05) is 18.0 Å². The lowest BCUT2D eigenvalue weighted by Gasteiger charge is -2.34.